The van der Waals surface area contributed by atoms with E-state index in [1.807, 2.05) is 81.9 Å². The van der Waals surface area contributed by atoms with Crippen LogP contribution in [0, 0.1) is 20.0 Å². The van der Waals surface area contributed by atoms with Crippen molar-refractivity contribution in [1.29, 1.82) is 0 Å². The van der Waals surface area contributed by atoms with E-state index in [1.165, 1.54) is 12.3 Å². The van der Waals surface area contributed by atoms with Crippen molar-refractivity contribution in [3.8, 4) is 73.2 Å². The first-order chi connectivity index (χ1) is 44.4. The lowest BCUT2D eigenvalue weighted by molar-refractivity contribution is -0.571. The zero-order valence-electron chi connectivity index (χ0n) is 61.6. The van der Waals surface area contributed by atoms with Gasteiger partial charge in [-0.25, -0.2) is 4.98 Å². The fourth-order valence-corrected chi connectivity index (χ4v) is 10.4. The van der Waals surface area contributed by atoms with Crippen LogP contribution in [0.15, 0.2) is 212 Å². The number of hydrogen-bond donors (Lipinski definition) is 0. The lowest BCUT2D eigenvalue weighted by atomic mass is 9.78. The quantitative estimate of drug-likeness (QED) is 0.107. The van der Waals surface area contributed by atoms with Gasteiger partial charge in [0.05, 0.1) is 47.1 Å². The first kappa shape index (κ1) is 35.6. The van der Waals surface area contributed by atoms with Crippen LogP contribution in [0.5, 0.6) is 11.5 Å². The highest BCUT2D eigenvalue weighted by molar-refractivity contribution is 6.09. The number of benzene rings is 9. The summed E-state index contributed by atoms with van der Waals surface area (Å²) < 4.78 is 152. The molecule has 0 aliphatic rings. The lowest BCUT2D eigenvalue weighted by Crippen LogP contribution is -2.31. The number of aromatic nitrogens is 4. The Hall–Kier alpha value is -8.80. The molecular weight excluding hydrogens is 961 g/mol. The molecule has 0 aliphatic carbocycles. The van der Waals surface area contributed by atoms with E-state index in [2.05, 4.69) is 99.0 Å². The summed E-state index contributed by atoms with van der Waals surface area (Å²) in [6, 6.07) is 39.9. The summed E-state index contributed by atoms with van der Waals surface area (Å²) >= 11 is 0. The van der Waals surface area contributed by atoms with Gasteiger partial charge in [0.1, 0.15) is 17.3 Å². The second kappa shape index (κ2) is 19.6. The van der Waals surface area contributed by atoms with E-state index in [-0.39, 0.29) is 62.0 Å². The van der Waals surface area contributed by atoms with Gasteiger partial charge in [-0.1, -0.05) is 219 Å². The van der Waals surface area contributed by atoms with Gasteiger partial charge in [-0.05, 0) is 140 Å². The predicted octanol–water partition coefficient (Wildman–Crippen LogP) is 19.2. The van der Waals surface area contributed by atoms with Crippen LogP contribution >= 0.6 is 0 Å². The van der Waals surface area contributed by atoms with Gasteiger partial charge in [-0.15, -0.1) is 0 Å². The second-order valence-electron chi connectivity index (χ2n) is 23.2. The van der Waals surface area contributed by atoms with Crippen LogP contribution in [-0.2, 0) is 16.2 Å². The molecule has 3 heterocycles. The highest BCUT2D eigenvalue weighted by Crippen LogP contribution is 2.42. The SMILES string of the molecule is [2H]c1c([2H])c([2H])c(-c2ccc3c(c2)n(-c2cccc(Oc4ccc5c6ccccc6n(-c6cc(C([2H])([2H])[2H])c(-c7c([2H])c([2H])c([2H])c([2H])c7[2H])cn6)c5c4)c2)[c-][n+]3-c2c(-c3cccc(C(C)(C)C)c3)cc(C([2H])([2H])[2H])cc2-c2cc(C(C)(C)C)cc(C(C)(C)C)c2)c([2H])c1[2H]. The number of nitrogens with zero attached hydrogens (tertiary/aromatic N) is 4. The van der Waals surface area contributed by atoms with Gasteiger partial charge in [-0.3, -0.25) is 13.7 Å². The van der Waals surface area contributed by atoms with Crippen LogP contribution in [0.4, 0.5) is 0 Å². The third kappa shape index (κ3) is 9.73. The van der Waals surface area contributed by atoms with Crippen molar-refractivity contribution < 1.29 is 31.2 Å². The molecule has 9 aromatic carbocycles. The molecule has 0 N–H and O–H groups in total. The smallest absolute Gasteiger partial charge is 0.269 e. The molecule has 0 saturated heterocycles. The summed E-state index contributed by atoms with van der Waals surface area (Å²) in [6.45, 7) is 13.9. The Kier molecular flexibility index (Phi) is 8.82. The number of imidazole rings is 1. The van der Waals surface area contributed by atoms with E-state index in [0.29, 0.717) is 61.6 Å². The molecule has 12 aromatic rings. The van der Waals surface area contributed by atoms with Crippen LogP contribution in [0.3, 0.4) is 0 Å². The molecule has 5 nitrogen and oxygen atoms in total. The van der Waals surface area contributed by atoms with Gasteiger partial charge < -0.3 is 4.74 Å². The Morgan fingerprint density at radius 2 is 1.15 bits per heavy atom. The second-order valence-corrected chi connectivity index (χ2v) is 23.2. The Morgan fingerprint density at radius 1 is 0.494 bits per heavy atom. The summed E-state index contributed by atoms with van der Waals surface area (Å²) in [4.78, 5) is 4.75. The first-order valence-electron chi connectivity index (χ1n) is 34.4. The molecule has 0 aliphatic heterocycles. The van der Waals surface area contributed by atoms with Crippen LogP contribution in [0.25, 0.3) is 94.5 Å². The fraction of sp³-hybridized carbons (Fsp3) is 0.189. The number of fused-ring (bicyclic) bond motifs is 4. The Balaban J connectivity index is 1.09. The van der Waals surface area contributed by atoms with Crippen molar-refractivity contribution in [2.45, 2.75) is 92.3 Å². The molecule has 79 heavy (non-hydrogen) atoms. The van der Waals surface area contributed by atoms with E-state index in [9.17, 15) is 0 Å². The minimum absolute atomic E-state index is 0.00647. The van der Waals surface area contributed by atoms with Crippen LogP contribution in [-0.4, -0.2) is 14.1 Å². The van der Waals surface area contributed by atoms with Gasteiger partial charge in [0, 0.05) is 36.8 Å². The van der Waals surface area contributed by atoms with Crippen molar-refractivity contribution in [3.63, 3.8) is 0 Å². The topological polar surface area (TPSA) is 35.9 Å². The molecule has 0 spiro atoms. The van der Waals surface area contributed by atoms with E-state index in [0.717, 1.165) is 38.6 Å². The minimum Gasteiger partial charge on any atom is -0.458 e. The van der Waals surface area contributed by atoms with Gasteiger partial charge in [0.25, 0.3) is 6.33 Å². The Labute approximate surface area is 488 Å². The average molecular weight is 1050 g/mol. The van der Waals surface area contributed by atoms with Crippen LogP contribution < -0.4 is 9.30 Å². The summed E-state index contributed by atoms with van der Waals surface area (Å²) in [5.74, 6) is 0.926. The molecular formula is C74H68N4O. The highest BCUT2D eigenvalue weighted by Gasteiger charge is 2.26. The van der Waals surface area contributed by atoms with Gasteiger partial charge in [0.15, 0.2) is 0 Å². The summed E-state index contributed by atoms with van der Waals surface area (Å²) in [5, 5.41) is 1.59. The number of pyridine rings is 1. The molecule has 0 bridgehead atoms. The maximum atomic E-state index is 9.11. The van der Waals surface area contributed by atoms with Crippen molar-refractivity contribution in [3.05, 3.63) is 246 Å². The largest absolute Gasteiger partial charge is 0.458 e. The van der Waals surface area contributed by atoms with Crippen LogP contribution in [0.2, 0.25) is 0 Å². The molecule has 0 fully saturated rings. The number of rotatable bonds is 9. The standard InChI is InChI=1S/C74H68N4O/c1-48-36-63(53-26-20-27-55(39-53)72(3,4)5)71(64(37-48)54-40-56(73(6,7)8)43-57(41-54)74(9,10)11)77-47-76(69-42-52(32-35-67(69)77)50-22-14-12-15-23-50)58-28-21-29-59(44-58)79-60-33-34-62-61-30-18-19-31-66(61)78(68(62)45-60)70-38-49(2)65(46-75-70)51-24-16-13-17-25-51/h12-46H,1-11H3/i1D3,2D3,12D,13D,14D,15D,16D,17D,22D,23D,24D,25D. The zero-order valence-corrected chi connectivity index (χ0v) is 45.6. The Morgan fingerprint density at radius 3 is 1.86 bits per heavy atom. The average Bonchev–Trinajstić information content (AvgIpc) is 1.65. The van der Waals surface area contributed by atoms with Gasteiger partial charge in [0.2, 0.25) is 0 Å². The fourth-order valence-electron chi connectivity index (χ4n) is 10.4. The molecule has 390 valence electrons. The number of ether oxygens (including phenoxy) is 1. The first-order valence-corrected chi connectivity index (χ1v) is 26.4. The maximum Gasteiger partial charge on any atom is 0.269 e. The molecule has 0 unspecified atom stereocenters. The van der Waals surface area contributed by atoms with E-state index in [1.54, 1.807) is 41.0 Å². The van der Waals surface area contributed by atoms with Crippen molar-refractivity contribution >= 4 is 32.8 Å². The molecule has 3 aromatic heterocycles. The zero-order chi connectivity index (χ0) is 68.7. The molecule has 0 radical (unpaired) electrons. The molecule has 0 amide bonds. The van der Waals surface area contributed by atoms with Crippen molar-refractivity contribution in [2.24, 2.45) is 0 Å². The molecule has 0 atom stereocenters. The maximum absolute atomic E-state index is 9.11. The van der Waals surface area contributed by atoms with Crippen LogP contribution in [0.1, 0.15) is 112 Å². The third-order valence-corrected chi connectivity index (χ3v) is 14.6. The number of hydrogen-bond acceptors (Lipinski definition) is 2. The monoisotopic (exact) mass is 1040 g/mol. The van der Waals surface area contributed by atoms with Crippen molar-refractivity contribution in [1.82, 2.24) is 14.1 Å². The van der Waals surface area contributed by atoms with Crippen molar-refractivity contribution in [2.75, 3.05) is 0 Å². The molecule has 0 saturated carbocycles. The van der Waals surface area contributed by atoms with E-state index < -0.39 is 62.0 Å². The lowest BCUT2D eigenvalue weighted by Gasteiger charge is -2.27. The summed E-state index contributed by atoms with van der Waals surface area (Å²) in [5.41, 5.74) is 8.13. The highest BCUT2D eigenvalue weighted by atomic mass is 16.5. The molecule has 5 heteroatoms. The molecule has 12 rings (SSSR count). The van der Waals surface area contributed by atoms with E-state index >= 15 is 0 Å². The minimum atomic E-state index is -2.82. The van der Waals surface area contributed by atoms with Gasteiger partial charge in [-0.2, -0.15) is 0 Å². The third-order valence-electron chi connectivity index (χ3n) is 14.6. The predicted molar refractivity (Wildman–Crippen MR) is 330 cm³/mol. The van der Waals surface area contributed by atoms with E-state index in [4.69, 9.17) is 31.7 Å². The Bertz CT molecular complexity index is 5060. The summed E-state index contributed by atoms with van der Waals surface area (Å²) in [7, 11) is 0. The number of para-hydroxylation sites is 1. The van der Waals surface area contributed by atoms with Gasteiger partial charge >= 0.3 is 0 Å². The normalized spacial score (nSPS) is 15.5. The number of aryl methyl sites for hydroxylation is 2. The summed E-state index contributed by atoms with van der Waals surface area (Å²) in [6.07, 6.45) is 4.95.